The van der Waals surface area contributed by atoms with Crippen LogP contribution in [0.1, 0.15) is 19.4 Å². The van der Waals surface area contributed by atoms with Gasteiger partial charge in [-0.1, -0.05) is 0 Å². The number of nitrogens with one attached hydrogen (secondary N) is 1. The van der Waals surface area contributed by atoms with Crippen molar-refractivity contribution in [2.45, 2.75) is 20.8 Å². The van der Waals surface area contributed by atoms with E-state index in [2.05, 4.69) is 20.3 Å². The van der Waals surface area contributed by atoms with E-state index in [0.717, 1.165) is 23.4 Å². The predicted octanol–water partition coefficient (Wildman–Crippen LogP) is 2.69. The van der Waals surface area contributed by atoms with Crippen LogP contribution in [0.2, 0.25) is 0 Å². The molecule has 6 nitrogen and oxygen atoms in total. The van der Waals surface area contributed by atoms with Gasteiger partial charge in [-0.3, -0.25) is 0 Å². The molecule has 1 aromatic heterocycles. The van der Waals surface area contributed by atoms with Gasteiger partial charge in [0.1, 0.15) is 5.75 Å². The standard InChI is InChI=1S/C15H20N4O2/c1-5-16-14-17-13(18-15(19-14)21-6-2)12-8-7-11(20-4)9-10(12)3/h7-9H,5-6H2,1-4H3,(H,16,17,18,19). The molecule has 0 bridgehead atoms. The Kier molecular flexibility index (Phi) is 4.92. The lowest BCUT2D eigenvalue weighted by molar-refractivity contribution is 0.312. The second-order valence-electron chi connectivity index (χ2n) is 4.41. The van der Waals surface area contributed by atoms with Crippen molar-refractivity contribution in [3.05, 3.63) is 23.8 Å². The largest absolute Gasteiger partial charge is 0.497 e. The van der Waals surface area contributed by atoms with E-state index in [1.807, 2.05) is 39.0 Å². The minimum atomic E-state index is 0.327. The van der Waals surface area contributed by atoms with Crippen LogP contribution in [-0.2, 0) is 0 Å². The number of hydrogen-bond donors (Lipinski definition) is 1. The summed E-state index contributed by atoms with van der Waals surface area (Å²) in [6.45, 7) is 7.12. The smallest absolute Gasteiger partial charge is 0.321 e. The highest BCUT2D eigenvalue weighted by atomic mass is 16.5. The van der Waals surface area contributed by atoms with Crippen LogP contribution in [0.3, 0.4) is 0 Å². The fraction of sp³-hybridized carbons (Fsp3) is 0.400. The maximum atomic E-state index is 5.41. The Hall–Kier alpha value is -2.37. The second kappa shape index (κ2) is 6.88. The lowest BCUT2D eigenvalue weighted by atomic mass is 10.1. The minimum absolute atomic E-state index is 0.327. The number of rotatable bonds is 6. The SMILES string of the molecule is CCNc1nc(OCC)nc(-c2ccc(OC)cc2C)n1. The molecule has 1 aromatic carbocycles. The summed E-state index contributed by atoms with van der Waals surface area (Å²) in [4.78, 5) is 13.0. The lowest BCUT2D eigenvalue weighted by Gasteiger charge is -2.10. The van der Waals surface area contributed by atoms with Gasteiger partial charge in [0, 0.05) is 12.1 Å². The molecule has 0 unspecified atom stereocenters. The van der Waals surface area contributed by atoms with Crippen LogP contribution in [-0.4, -0.2) is 35.2 Å². The first-order valence-corrected chi connectivity index (χ1v) is 6.95. The van der Waals surface area contributed by atoms with Crippen LogP contribution in [0.5, 0.6) is 11.8 Å². The molecule has 0 aliphatic rings. The molecule has 0 aliphatic heterocycles. The summed E-state index contributed by atoms with van der Waals surface area (Å²) in [6.07, 6.45) is 0. The summed E-state index contributed by atoms with van der Waals surface area (Å²) >= 11 is 0. The number of benzene rings is 1. The van der Waals surface area contributed by atoms with E-state index in [0.29, 0.717) is 24.4 Å². The zero-order chi connectivity index (χ0) is 15.2. The third-order valence-electron chi connectivity index (χ3n) is 2.90. The molecule has 0 amide bonds. The molecule has 2 aromatic rings. The number of hydrogen-bond acceptors (Lipinski definition) is 6. The molecule has 1 N–H and O–H groups in total. The van der Waals surface area contributed by atoms with Crippen molar-refractivity contribution in [3.8, 4) is 23.1 Å². The summed E-state index contributed by atoms with van der Waals surface area (Å²) < 4.78 is 10.6. The van der Waals surface area contributed by atoms with Crippen LogP contribution < -0.4 is 14.8 Å². The quantitative estimate of drug-likeness (QED) is 0.881. The van der Waals surface area contributed by atoms with Gasteiger partial charge in [0.25, 0.3) is 0 Å². The molecule has 21 heavy (non-hydrogen) atoms. The summed E-state index contributed by atoms with van der Waals surface area (Å²) in [5.74, 6) is 1.91. The van der Waals surface area contributed by atoms with Gasteiger partial charge >= 0.3 is 6.01 Å². The average molecular weight is 288 g/mol. The van der Waals surface area contributed by atoms with Crippen LogP contribution in [0, 0.1) is 6.92 Å². The number of nitrogens with zero attached hydrogens (tertiary/aromatic N) is 3. The molecule has 112 valence electrons. The second-order valence-corrected chi connectivity index (χ2v) is 4.41. The van der Waals surface area contributed by atoms with Crippen molar-refractivity contribution in [2.24, 2.45) is 0 Å². The fourth-order valence-electron chi connectivity index (χ4n) is 1.92. The normalized spacial score (nSPS) is 10.3. The Morgan fingerprint density at radius 1 is 1.14 bits per heavy atom. The summed E-state index contributed by atoms with van der Waals surface area (Å²) in [7, 11) is 1.65. The van der Waals surface area contributed by atoms with Crippen LogP contribution >= 0.6 is 0 Å². The average Bonchev–Trinajstić information content (AvgIpc) is 2.47. The number of aryl methyl sites for hydroxylation is 1. The number of anilines is 1. The summed E-state index contributed by atoms with van der Waals surface area (Å²) in [6, 6.07) is 6.11. The Bertz CT molecular complexity index is 592. The first-order valence-electron chi connectivity index (χ1n) is 6.95. The molecular formula is C15H20N4O2. The van der Waals surface area contributed by atoms with Crippen molar-refractivity contribution in [1.82, 2.24) is 15.0 Å². The minimum Gasteiger partial charge on any atom is -0.497 e. The summed E-state index contributed by atoms with van der Waals surface area (Å²) in [5.41, 5.74) is 1.96. The Morgan fingerprint density at radius 3 is 2.57 bits per heavy atom. The molecule has 0 fully saturated rings. The number of methoxy groups -OCH3 is 1. The van der Waals surface area contributed by atoms with Gasteiger partial charge in [0.15, 0.2) is 5.82 Å². The molecule has 0 saturated heterocycles. The molecule has 6 heteroatoms. The third kappa shape index (κ3) is 3.59. The lowest BCUT2D eigenvalue weighted by Crippen LogP contribution is -2.08. The molecule has 0 saturated carbocycles. The van der Waals surface area contributed by atoms with Crippen LogP contribution in [0.25, 0.3) is 11.4 Å². The third-order valence-corrected chi connectivity index (χ3v) is 2.90. The van der Waals surface area contributed by atoms with E-state index in [4.69, 9.17) is 9.47 Å². The topological polar surface area (TPSA) is 69.2 Å². The highest BCUT2D eigenvalue weighted by Crippen LogP contribution is 2.25. The van der Waals surface area contributed by atoms with E-state index < -0.39 is 0 Å². The molecule has 2 rings (SSSR count). The number of aromatic nitrogens is 3. The van der Waals surface area contributed by atoms with Crippen LogP contribution in [0.4, 0.5) is 5.95 Å². The number of ether oxygens (including phenoxy) is 2. The van der Waals surface area contributed by atoms with E-state index in [1.165, 1.54) is 0 Å². The maximum absolute atomic E-state index is 5.41. The first-order chi connectivity index (χ1) is 10.2. The Labute approximate surface area is 124 Å². The Morgan fingerprint density at radius 2 is 1.95 bits per heavy atom. The van der Waals surface area contributed by atoms with Crippen molar-refractivity contribution in [1.29, 1.82) is 0 Å². The maximum Gasteiger partial charge on any atom is 0.321 e. The van der Waals surface area contributed by atoms with Gasteiger partial charge in [-0.25, -0.2) is 0 Å². The van der Waals surface area contributed by atoms with Crippen LogP contribution in [0.15, 0.2) is 18.2 Å². The van der Waals surface area contributed by atoms with E-state index in [-0.39, 0.29) is 0 Å². The monoisotopic (exact) mass is 288 g/mol. The van der Waals surface area contributed by atoms with Gasteiger partial charge in [0.05, 0.1) is 13.7 Å². The molecule has 0 aliphatic carbocycles. The van der Waals surface area contributed by atoms with Crippen molar-refractivity contribution < 1.29 is 9.47 Å². The molecule has 1 heterocycles. The van der Waals surface area contributed by atoms with Gasteiger partial charge in [0.2, 0.25) is 5.95 Å². The highest BCUT2D eigenvalue weighted by molar-refractivity contribution is 5.62. The van der Waals surface area contributed by atoms with E-state index in [9.17, 15) is 0 Å². The van der Waals surface area contributed by atoms with Crippen molar-refractivity contribution in [3.63, 3.8) is 0 Å². The fourth-order valence-corrected chi connectivity index (χ4v) is 1.92. The first kappa shape index (κ1) is 15.0. The molecule has 0 spiro atoms. The van der Waals surface area contributed by atoms with Gasteiger partial charge in [-0.2, -0.15) is 15.0 Å². The highest BCUT2D eigenvalue weighted by Gasteiger charge is 2.11. The Balaban J connectivity index is 2.46. The van der Waals surface area contributed by atoms with Gasteiger partial charge in [-0.05, 0) is 44.5 Å². The van der Waals surface area contributed by atoms with E-state index in [1.54, 1.807) is 7.11 Å². The molecule has 0 atom stereocenters. The van der Waals surface area contributed by atoms with Gasteiger partial charge < -0.3 is 14.8 Å². The predicted molar refractivity (Wildman–Crippen MR) is 81.9 cm³/mol. The van der Waals surface area contributed by atoms with Gasteiger partial charge in [-0.15, -0.1) is 0 Å². The summed E-state index contributed by atoms with van der Waals surface area (Å²) in [5, 5.41) is 3.09. The van der Waals surface area contributed by atoms with Crippen molar-refractivity contribution >= 4 is 5.95 Å². The molecule has 0 radical (unpaired) electrons. The molecular weight excluding hydrogens is 268 g/mol. The zero-order valence-electron chi connectivity index (χ0n) is 12.8. The zero-order valence-corrected chi connectivity index (χ0v) is 12.8. The van der Waals surface area contributed by atoms with E-state index >= 15 is 0 Å². The van der Waals surface area contributed by atoms with Crippen molar-refractivity contribution in [2.75, 3.05) is 25.6 Å².